The first kappa shape index (κ1) is 16.7. The van der Waals surface area contributed by atoms with E-state index >= 15 is 0 Å². The highest BCUT2D eigenvalue weighted by atomic mass is 16.5. The average Bonchev–Trinajstić information content (AvgIpc) is 2.60. The van der Waals surface area contributed by atoms with Gasteiger partial charge < -0.3 is 15.6 Å². The largest absolute Gasteiger partial charge is 0.443 e. The van der Waals surface area contributed by atoms with Crippen molar-refractivity contribution >= 4 is 12.0 Å². The lowest BCUT2D eigenvalue weighted by atomic mass is 10.0. The molecule has 0 saturated heterocycles. The zero-order valence-corrected chi connectivity index (χ0v) is 12.3. The molecule has 0 saturated carbocycles. The van der Waals surface area contributed by atoms with Crippen molar-refractivity contribution < 1.29 is 19.4 Å². The number of nitrogens with two attached hydrogens (primary N) is 1. The van der Waals surface area contributed by atoms with Gasteiger partial charge in [-0.2, -0.15) is 0 Å². The van der Waals surface area contributed by atoms with E-state index in [0.29, 0.717) is 5.56 Å². The highest BCUT2D eigenvalue weighted by molar-refractivity contribution is 5.94. The molecule has 0 spiro atoms. The number of hydrogen-bond acceptors (Lipinski definition) is 5. The Morgan fingerprint density at radius 3 is 2.22 bits per heavy atom. The van der Waals surface area contributed by atoms with Gasteiger partial charge in [0.15, 0.2) is 0 Å². The Morgan fingerprint density at radius 1 is 1.04 bits per heavy atom. The number of nitrogens with zero attached hydrogens (tertiary/aromatic N) is 1. The second kappa shape index (κ2) is 8.07. The van der Waals surface area contributed by atoms with Crippen molar-refractivity contribution in [3.63, 3.8) is 0 Å². The molecule has 0 heterocycles. The summed E-state index contributed by atoms with van der Waals surface area (Å²) in [5.41, 5.74) is 6.90. The Morgan fingerprint density at radius 2 is 1.61 bits per heavy atom. The molecule has 0 aliphatic rings. The van der Waals surface area contributed by atoms with Gasteiger partial charge in [-0.25, -0.2) is 4.79 Å². The molecule has 0 aromatic heterocycles. The smallest absolute Gasteiger partial charge is 0.437 e. The van der Waals surface area contributed by atoms with Crippen molar-refractivity contribution in [3.05, 3.63) is 71.8 Å². The minimum atomic E-state index is -1.33. The first-order valence-electron chi connectivity index (χ1n) is 7.03. The number of imide groups is 1. The van der Waals surface area contributed by atoms with E-state index in [-0.39, 0.29) is 6.61 Å². The number of hydrogen-bond donors (Lipinski definition) is 2. The number of aliphatic hydroxyl groups excluding tert-OH is 1. The van der Waals surface area contributed by atoms with Crippen LogP contribution in [0.1, 0.15) is 17.2 Å². The fraction of sp³-hybridized carbons (Fsp3) is 0.176. The van der Waals surface area contributed by atoms with Crippen LogP contribution in [0.25, 0.3) is 0 Å². The van der Waals surface area contributed by atoms with Crippen molar-refractivity contribution in [2.45, 2.75) is 18.8 Å². The zero-order chi connectivity index (χ0) is 16.7. The summed E-state index contributed by atoms with van der Waals surface area (Å²) < 4.78 is 4.87. The van der Waals surface area contributed by atoms with E-state index in [1.165, 1.54) is 0 Å². The molecule has 0 aliphatic heterocycles. The Bertz CT molecular complexity index is 646. The van der Waals surface area contributed by atoms with Crippen molar-refractivity contribution in [1.29, 1.82) is 0 Å². The molecular formula is C17H17N2O4. The van der Waals surface area contributed by atoms with Gasteiger partial charge in [0.25, 0.3) is 5.91 Å². The summed E-state index contributed by atoms with van der Waals surface area (Å²) in [5.74, 6) is -0.931. The fourth-order valence-electron chi connectivity index (χ4n) is 1.91. The molecule has 119 valence electrons. The molecule has 0 aliphatic carbocycles. The lowest BCUT2D eigenvalue weighted by molar-refractivity contribution is -0.124. The average molecular weight is 313 g/mol. The van der Waals surface area contributed by atoms with Crippen LogP contribution in [-0.4, -0.2) is 23.1 Å². The number of carbonyl (C=O) groups is 2. The minimum absolute atomic E-state index is 0.00688. The second-order valence-electron chi connectivity index (χ2n) is 4.87. The van der Waals surface area contributed by atoms with Crippen LogP contribution in [0, 0.1) is 0 Å². The summed E-state index contributed by atoms with van der Waals surface area (Å²) in [7, 11) is 0. The molecule has 6 heteroatoms. The van der Waals surface area contributed by atoms with E-state index in [1.54, 1.807) is 54.6 Å². The van der Waals surface area contributed by atoms with Crippen LogP contribution in [0.15, 0.2) is 60.7 Å². The maximum atomic E-state index is 11.8. The van der Waals surface area contributed by atoms with E-state index in [2.05, 4.69) is 5.32 Å². The molecule has 1 radical (unpaired) electrons. The Labute approximate surface area is 133 Å². The Hall–Kier alpha value is -2.70. The maximum Gasteiger partial charge on any atom is 0.437 e. The molecule has 6 nitrogen and oxygen atoms in total. The molecule has 0 bridgehead atoms. The van der Waals surface area contributed by atoms with Crippen LogP contribution in [0.5, 0.6) is 0 Å². The van der Waals surface area contributed by atoms with Gasteiger partial charge in [0.1, 0.15) is 18.8 Å². The minimum Gasteiger partial charge on any atom is -0.443 e. The summed E-state index contributed by atoms with van der Waals surface area (Å²) >= 11 is 0. The second-order valence-corrected chi connectivity index (χ2v) is 4.87. The highest BCUT2D eigenvalue weighted by Crippen LogP contribution is 2.15. The molecule has 0 fully saturated rings. The number of carbonyl (C=O) groups excluding carboxylic acids is 2. The summed E-state index contributed by atoms with van der Waals surface area (Å²) in [6, 6.07) is 16.1. The van der Waals surface area contributed by atoms with E-state index in [4.69, 9.17) is 10.5 Å². The lowest BCUT2D eigenvalue weighted by Gasteiger charge is -2.17. The van der Waals surface area contributed by atoms with Crippen LogP contribution >= 0.6 is 0 Å². The van der Waals surface area contributed by atoms with Crippen LogP contribution in [0.2, 0.25) is 0 Å². The molecule has 2 atom stereocenters. The summed E-state index contributed by atoms with van der Waals surface area (Å²) in [6.07, 6.45) is -2.27. The van der Waals surface area contributed by atoms with Gasteiger partial charge in [0.2, 0.25) is 0 Å². The van der Waals surface area contributed by atoms with Gasteiger partial charge in [0, 0.05) is 0 Å². The van der Waals surface area contributed by atoms with Gasteiger partial charge >= 0.3 is 6.09 Å². The molecular weight excluding hydrogens is 296 g/mol. The number of rotatable bonds is 5. The van der Waals surface area contributed by atoms with Gasteiger partial charge in [-0.15, -0.1) is 5.32 Å². The van der Waals surface area contributed by atoms with Gasteiger partial charge in [-0.05, 0) is 11.1 Å². The van der Waals surface area contributed by atoms with Crippen LogP contribution in [0.3, 0.4) is 0 Å². The van der Waals surface area contributed by atoms with Crippen molar-refractivity contribution in [2.24, 2.45) is 5.73 Å². The normalized spacial score (nSPS) is 13.0. The molecule has 3 N–H and O–H groups in total. The fourth-order valence-corrected chi connectivity index (χ4v) is 1.91. The van der Waals surface area contributed by atoms with Gasteiger partial charge in [-0.1, -0.05) is 60.7 Å². The third-order valence-electron chi connectivity index (χ3n) is 3.17. The zero-order valence-electron chi connectivity index (χ0n) is 12.3. The lowest BCUT2D eigenvalue weighted by Crippen LogP contribution is -2.43. The predicted molar refractivity (Wildman–Crippen MR) is 83.1 cm³/mol. The number of amides is 2. The Kier molecular flexibility index (Phi) is 5.85. The molecule has 2 aromatic carbocycles. The highest BCUT2D eigenvalue weighted by Gasteiger charge is 2.27. The summed E-state index contributed by atoms with van der Waals surface area (Å²) in [6.45, 7) is 0.00688. The molecule has 2 aromatic rings. The summed E-state index contributed by atoms with van der Waals surface area (Å²) in [4.78, 5) is 23.4. The third-order valence-corrected chi connectivity index (χ3v) is 3.17. The first-order valence-corrected chi connectivity index (χ1v) is 7.03. The monoisotopic (exact) mass is 313 g/mol. The summed E-state index contributed by atoms with van der Waals surface area (Å²) in [5, 5.41) is 13.3. The predicted octanol–water partition coefficient (Wildman–Crippen LogP) is 1.52. The van der Waals surface area contributed by atoms with Gasteiger partial charge in [-0.3, -0.25) is 4.79 Å². The maximum absolute atomic E-state index is 11.8. The SMILES string of the molecule is N[C@H](C(=O)[N]C(=O)OCc1ccccc1)C(O)c1ccccc1. The molecule has 23 heavy (non-hydrogen) atoms. The van der Waals surface area contributed by atoms with Crippen LogP contribution < -0.4 is 11.1 Å². The van der Waals surface area contributed by atoms with E-state index in [9.17, 15) is 14.7 Å². The third kappa shape index (κ3) is 4.91. The van der Waals surface area contributed by atoms with Gasteiger partial charge in [0.05, 0.1) is 0 Å². The van der Waals surface area contributed by atoms with Crippen molar-refractivity contribution in [2.75, 3.05) is 0 Å². The number of ether oxygens (including phenoxy) is 1. The van der Waals surface area contributed by atoms with E-state index in [0.717, 1.165) is 5.56 Å². The van der Waals surface area contributed by atoms with Crippen LogP contribution in [-0.2, 0) is 16.1 Å². The van der Waals surface area contributed by atoms with E-state index < -0.39 is 24.1 Å². The number of benzene rings is 2. The standard InChI is InChI=1S/C17H17N2O4/c18-14(15(20)13-9-5-2-6-10-13)16(21)19-17(22)23-11-12-7-3-1-4-8-12/h1-10,14-15,20H,11,18H2/t14-,15?/m0/s1. The molecule has 1 unspecified atom stereocenters. The van der Waals surface area contributed by atoms with E-state index in [1.807, 2.05) is 6.07 Å². The van der Waals surface area contributed by atoms with Crippen molar-refractivity contribution in [3.8, 4) is 0 Å². The molecule has 2 amide bonds. The quantitative estimate of drug-likeness (QED) is 0.871. The molecule has 2 rings (SSSR count). The van der Waals surface area contributed by atoms with Crippen molar-refractivity contribution in [1.82, 2.24) is 5.32 Å². The first-order chi connectivity index (χ1) is 11.1. The Balaban J connectivity index is 1.84. The van der Waals surface area contributed by atoms with Crippen LogP contribution in [0.4, 0.5) is 4.79 Å². The number of aliphatic hydroxyl groups is 1. The topological polar surface area (TPSA) is 104 Å².